The summed E-state index contributed by atoms with van der Waals surface area (Å²) in [5, 5.41) is 0.707. The minimum Gasteiger partial charge on any atom is -0.303 e. The van der Waals surface area contributed by atoms with E-state index in [2.05, 4.69) is 57.4 Å². The van der Waals surface area contributed by atoms with E-state index in [4.69, 9.17) is 21.6 Å². The molecule has 0 saturated carbocycles. The Morgan fingerprint density at radius 1 is 1.10 bits per heavy atom. The fourth-order valence-electron chi connectivity index (χ4n) is 3.84. The molecule has 2 aromatic carbocycles. The summed E-state index contributed by atoms with van der Waals surface area (Å²) in [5.74, 6) is 0.963. The first kappa shape index (κ1) is 20.3. The Morgan fingerprint density at radius 2 is 1.90 bits per heavy atom. The van der Waals surface area contributed by atoms with Crippen LogP contribution in [0, 0.1) is 0 Å². The van der Waals surface area contributed by atoms with Crippen LogP contribution in [0.3, 0.4) is 0 Å². The second-order valence-corrected chi connectivity index (χ2v) is 8.41. The van der Waals surface area contributed by atoms with Crippen molar-refractivity contribution in [2.75, 3.05) is 19.6 Å². The van der Waals surface area contributed by atoms with Gasteiger partial charge in [0.15, 0.2) is 0 Å². The van der Waals surface area contributed by atoms with Gasteiger partial charge in [0.2, 0.25) is 0 Å². The van der Waals surface area contributed by atoms with Crippen LogP contribution < -0.4 is 0 Å². The Balaban J connectivity index is 1.81. The number of nitrogens with zero attached hydrogens (tertiary/aromatic N) is 4. The maximum atomic E-state index is 6.53. The van der Waals surface area contributed by atoms with Crippen LogP contribution in [0.2, 0.25) is 5.02 Å². The van der Waals surface area contributed by atoms with Crippen molar-refractivity contribution in [2.45, 2.75) is 26.8 Å². The number of hydrogen-bond donors (Lipinski definition) is 0. The van der Waals surface area contributed by atoms with Gasteiger partial charge in [-0.1, -0.05) is 59.6 Å². The van der Waals surface area contributed by atoms with E-state index < -0.39 is 0 Å². The van der Waals surface area contributed by atoms with Crippen molar-refractivity contribution >= 4 is 33.2 Å². The third-order valence-corrected chi connectivity index (χ3v) is 6.27. The molecule has 1 aromatic heterocycles. The van der Waals surface area contributed by atoms with E-state index in [1.165, 1.54) is 5.69 Å². The number of benzene rings is 2. The van der Waals surface area contributed by atoms with Crippen LogP contribution in [0.4, 0.5) is 0 Å². The maximum Gasteiger partial charge on any atom is 0.135 e. The molecule has 2 heterocycles. The summed E-state index contributed by atoms with van der Waals surface area (Å²) in [7, 11) is 0. The third-order valence-electron chi connectivity index (χ3n) is 5.45. The van der Waals surface area contributed by atoms with Crippen molar-refractivity contribution in [2.24, 2.45) is 4.99 Å². The van der Waals surface area contributed by atoms with Gasteiger partial charge in [-0.2, -0.15) is 0 Å². The zero-order chi connectivity index (χ0) is 20.4. The minimum absolute atomic E-state index is 0.526. The zero-order valence-electron chi connectivity index (χ0n) is 16.7. The zero-order valence-corrected chi connectivity index (χ0v) is 19.0. The summed E-state index contributed by atoms with van der Waals surface area (Å²) in [6, 6.07) is 14.2. The predicted octanol–water partition coefficient (Wildman–Crippen LogP) is 5.52. The molecule has 4 rings (SSSR count). The number of aliphatic imine (C=N–C) groups is 1. The highest BCUT2D eigenvalue weighted by Gasteiger charge is 2.23. The molecule has 0 spiro atoms. The van der Waals surface area contributed by atoms with Crippen molar-refractivity contribution in [3.63, 3.8) is 0 Å². The van der Waals surface area contributed by atoms with Gasteiger partial charge in [0.05, 0.1) is 17.9 Å². The van der Waals surface area contributed by atoms with Gasteiger partial charge in [0.1, 0.15) is 5.82 Å². The van der Waals surface area contributed by atoms with Crippen molar-refractivity contribution < 1.29 is 0 Å². The van der Waals surface area contributed by atoms with Crippen molar-refractivity contribution in [3.8, 4) is 5.69 Å². The molecule has 0 amide bonds. The molecule has 29 heavy (non-hydrogen) atoms. The molecule has 0 N–H and O–H groups in total. The second kappa shape index (κ2) is 8.82. The molecular formula is C23H24BrClN4. The molecule has 150 valence electrons. The molecular weight excluding hydrogens is 448 g/mol. The Morgan fingerprint density at radius 3 is 2.66 bits per heavy atom. The number of likely N-dealkylation sites (N-methyl/N-ethyl adjacent to an activating group) is 1. The topological polar surface area (TPSA) is 33.4 Å². The van der Waals surface area contributed by atoms with Crippen LogP contribution in [0.25, 0.3) is 5.69 Å². The van der Waals surface area contributed by atoms with Crippen LogP contribution in [-0.2, 0) is 13.0 Å². The Bertz CT molecular complexity index is 1050. The largest absolute Gasteiger partial charge is 0.303 e. The Labute approximate surface area is 185 Å². The van der Waals surface area contributed by atoms with Crippen LogP contribution in [0.1, 0.15) is 36.5 Å². The fourth-order valence-corrected chi connectivity index (χ4v) is 4.42. The molecule has 0 fully saturated rings. The van der Waals surface area contributed by atoms with Gasteiger partial charge in [-0.25, -0.2) is 4.98 Å². The smallest absolute Gasteiger partial charge is 0.135 e. The van der Waals surface area contributed by atoms with Gasteiger partial charge >= 0.3 is 0 Å². The van der Waals surface area contributed by atoms with E-state index in [0.29, 0.717) is 11.6 Å². The molecule has 0 atom stereocenters. The van der Waals surface area contributed by atoms with E-state index in [1.54, 1.807) is 0 Å². The maximum absolute atomic E-state index is 6.53. The lowest BCUT2D eigenvalue weighted by Crippen LogP contribution is -2.26. The summed E-state index contributed by atoms with van der Waals surface area (Å²) in [6.45, 7) is 8.07. The lowest BCUT2D eigenvalue weighted by Gasteiger charge is -2.19. The van der Waals surface area contributed by atoms with E-state index >= 15 is 0 Å². The molecule has 0 radical (unpaired) electrons. The summed E-state index contributed by atoms with van der Waals surface area (Å²) < 4.78 is 3.29. The van der Waals surface area contributed by atoms with Crippen molar-refractivity contribution in [3.05, 3.63) is 80.8 Å². The van der Waals surface area contributed by atoms with E-state index in [-0.39, 0.29) is 0 Å². The van der Waals surface area contributed by atoms with E-state index in [0.717, 1.165) is 58.9 Å². The molecule has 0 saturated heterocycles. The predicted molar refractivity (Wildman–Crippen MR) is 124 cm³/mol. The fraction of sp³-hybridized carbons (Fsp3) is 0.304. The molecule has 0 aliphatic carbocycles. The third kappa shape index (κ3) is 4.04. The average Bonchev–Trinajstić information content (AvgIpc) is 3.05. The lowest BCUT2D eigenvalue weighted by atomic mass is 10.0. The van der Waals surface area contributed by atoms with E-state index in [9.17, 15) is 0 Å². The number of aromatic nitrogens is 2. The van der Waals surface area contributed by atoms with Crippen LogP contribution in [0.15, 0.2) is 58.1 Å². The summed E-state index contributed by atoms with van der Waals surface area (Å²) in [4.78, 5) is 12.1. The van der Waals surface area contributed by atoms with Gasteiger partial charge in [-0.15, -0.1) is 0 Å². The minimum atomic E-state index is 0.526. The molecule has 1 aliphatic rings. The van der Waals surface area contributed by atoms with Gasteiger partial charge in [-0.3, -0.25) is 9.56 Å². The van der Waals surface area contributed by atoms with Crippen LogP contribution in [-0.4, -0.2) is 39.8 Å². The SMILES string of the molecule is CCN(CC)CCc1cnc2n1-c1ccc(Br)cc1C(c1ccccc1Cl)=NC2. The molecule has 4 nitrogen and oxygen atoms in total. The first-order valence-electron chi connectivity index (χ1n) is 9.99. The molecule has 6 heteroatoms. The second-order valence-electron chi connectivity index (χ2n) is 7.08. The van der Waals surface area contributed by atoms with E-state index in [1.807, 2.05) is 30.5 Å². The van der Waals surface area contributed by atoms with Crippen LogP contribution >= 0.6 is 27.5 Å². The highest BCUT2D eigenvalue weighted by molar-refractivity contribution is 9.10. The number of fused-ring (bicyclic) bond motifs is 3. The first-order valence-corrected chi connectivity index (χ1v) is 11.2. The highest BCUT2D eigenvalue weighted by Crippen LogP contribution is 2.31. The monoisotopic (exact) mass is 470 g/mol. The van der Waals surface area contributed by atoms with Crippen LogP contribution in [0.5, 0.6) is 0 Å². The highest BCUT2D eigenvalue weighted by atomic mass is 79.9. The Kier molecular flexibility index (Phi) is 6.18. The number of hydrogen-bond acceptors (Lipinski definition) is 3. The number of halogens is 2. The Hall–Kier alpha value is -1.95. The first-order chi connectivity index (χ1) is 14.1. The summed E-state index contributed by atoms with van der Waals surface area (Å²) >= 11 is 10.2. The summed E-state index contributed by atoms with van der Waals surface area (Å²) in [5.41, 5.74) is 5.24. The van der Waals surface area contributed by atoms with Gasteiger partial charge < -0.3 is 4.90 Å². The lowest BCUT2D eigenvalue weighted by molar-refractivity contribution is 0.306. The van der Waals surface area contributed by atoms with Gasteiger partial charge in [0.25, 0.3) is 0 Å². The average molecular weight is 472 g/mol. The van der Waals surface area contributed by atoms with Gasteiger partial charge in [0, 0.05) is 45.5 Å². The number of rotatable bonds is 6. The standard InChI is InChI=1S/C23H24BrClN4/c1-3-28(4-2)12-11-17-14-26-22-15-27-23(18-7-5-6-8-20(18)25)19-13-16(24)9-10-21(19)29(17)22/h5-10,13-14H,3-4,11-12,15H2,1-2H3. The molecule has 0 bridgehead atoms. The normalized spacial score (nSPS) is 13.1. The van der Waals surface area contributed by atoms with Gasteiger partial charge in [-0.05, 0) is 37.4 Å². The quantitative estimate of drug-likeness (QED) is 0.474. The molecule has 3 aromatic rings. The molecule has 0 unspecified atom stereocenters. The molecule has 1 aliphatic heterocycles. The van der Waals surface area contributed by atoms with Crippen molar-refractivity contribution in [1.82, 2.24) is 14.5 Å². The number of imidazole rings is 1. The summed E-state index contributed by atoms with van der Waals surface area (Å²) in [6.07, 6.45) is 2.95. The van der Waals surface area contributed by atoms with Crippen molar-refractivity contribution in [1.29, 1.82) is 0 Å².